The first-order valence-electron chi connectivity index (χ1n) is 8.04. The van der Waals surface area contributed by atoms with Crippen LogP contribution in [0.3, 0.4) is 0 Å². The molecule has 0 aliphatic rings. The van der Waals surface area contributed by atoms with Crippen LogP contribution in [-0.4, -0.2) is 56.9 Å². The molecule has 0 saturated carbocycles. The van der Waals surface area contributed by atoms with Gasteiger partial charge in [-0.15, -0.1) is 20.4 Å². The molecule has 0 spiro atoms. The Bertz CT molecular complexity index is 1020. The molecule has 1 amide bonds. The average Bonchev–Trinajstić information content (AvgIpc) is 3.00. The van der Waals surface area contributed by atoms with E-state index in [0.29, 0.717) is 6.54 Å². The highest BCUT2D eigenvalue weighted by molar-refractivity contribution is 5.99. The van der Waals surface area contributed by atoms with Crippen molar-refractivity contribution in [2.24, 2.45) is 23.0 Å². The summed E-state index contributed by atoms with van der Waals surface area (Å²) in [6, 6.07) is 0. The zero-order valence-corrected chi connectivity index (χ0v) is 16.0. The summed E-state index contributed by atoms with van der Waals surface area (Å²) in [5.41, 5.74) is 3.72. The first-order chi connectivity index (χ1) is 13.1. The molecule has 0 atom stereocenters. The largest absolute Gasteiger partial charge is 0.493 e. The van der Waals surface area contributed by atoms with Gasteiger partial charge in [-0.3, -0.25) is 19.0 Å². The van der Waals surface area contributed by atoms with Crippen LogP contribution >= 0.6 is 0 Å². The van der Waals surface area contributed by atoms with Gasteiger partial charge in [-0.1, -0.05) is 0 Å². The Hall–Kier alpha value is -3.77. The van der Waals surface area contributed by atoms with Crippen LogP contribution < -0.4 is 21.0 Å². The fourth-order valence-electron chi connectivity index (χ4n) is 2.40. The molecule has 150 valence electrons. The number of methoxy groups -OCH3 is 1. The van der Waals surface area contributed by atoms with Crippen molar-refractivity contribution < 1.29 is 19.4 Å². The Morgan fingerprint density at radius 2 is 1.96 bits per heavy atom. The van der Waals surface area contributed by atoms with Gasteiger partial charge >= 0.3 is 5.56 Å². The van der Waals surface area contributed by atoms with Gasteiger partial charge in [0.2, 0.25) is 11.7 Å². The summed E-state index contributed by atoms with van der Waals surface area (Å²) in [5, 5.41) is 26.8. The predicted octanol–water partition coefficient (Wildman–Crippen LogP) is -0.00440. The van der Waals surface area contributed by atoms with Gasteiger partial charge in [0.1, 0.15) is 5.56 Å². The van der Waals surface area contributed by atoms with Crippen LogP contribution in [0.2, 0.25) is 0 Å². The fraction of sp³-hybridized carbons (Fsp3) is 0.400. The lowest BCUT2D eigenvalue weighted by Gasteiger charge is -2.23. The molecule has 0 bridgehead atoms. The third kappa shape index (κ3) is 3.41. The maximum atomic E-state index is 12.8. The van der Waals surface area contributed by atoms with Crippen molar-refractivity contribution in [3.05, 3.63) is 21.7 Å². The van der Waals surface area contributed by atoms with Gasteiger partial charge in [-0.05, 0) is 6.92 Å². The zero-order valence-electron chi connectivity index (χ0n) is 16.0. The first kappa shape index (κ1) is 20.5. The van der Waals surface area contributed by atoms with Crippen molar-refractivity contribution >= 4 is 23.3 Å². The predicted molar refractivity (Wildman–Crippen MR) is 97.3 cm³/mol. The number of Topliss-reactive ketones (excluding diaryl/α,β-unsaturated/α-hetero) is 1. The van der Waals surface area contributed by atoms with Crippen molar-refractivity contribution in [3.8, 4) is 11.6 Å². The minimum absolute atomic E-state index is 0.0487. The highest BCUT2D eigenvalue weighted by Crippen LogP contribution is 2.34. The molecule has 0 aromatic carbocycles. The first-order valence-corrected chi connectivity index (χ1v) is 8.04. The van der Waals surface area contributed by atoms with Crippen LogP contribution in [0.25, 0.3) is 0 Å². The van der Waals surface area contributed by atoms with Crippen LogP contribution in [-0.2, 0) is 7.05 Å². The maximum absolute atomic E-state index is 12.8. The van der Waals surface area contributed by atoms with Crippen molar-refractivity contribution in [2.75, 3.05) is 25.7 Å². The number of hydrogen-bond acceptors (Lipinski definition) is 10. The number of rotatable bonds is 7. The number of nitrogens with zero attached hydrogens (tertiary/aromatic N) is 7. The zero-order chi connectivity index (χ0) is 21.2. The average molecular weight is 392 g/mol. The topological polar surface area (TPSA) is 170 Å². The number of aromatic hydroxyl groups is 1. The number of carbonyl (C=O) groups excluding carboxylic acids is 2. The standard InChI is InChI=1S/C15H20N8O5/c1-6-21(3)23-13(26)8(11(16)25)10(28-5)9(14(23)27)17-19-15-20-18-12(7(2)24)22(15)4/h26H,6H2,1-5H3,(H2,16,25). The number of ether oxygens (including phenoxy) is 1. The fourth-order valence-corrected chi connectivity index (χ4v) is 2.40. The molecule has 2 aromatic rings. The normalized spacial score (nSPS) is 11.0. The van der Waals surface area contributed by atoms with Crippen LogP contribution in [0, 0.1) is 0 Å². The number of carbonyl (C=O) groups is 2. The third-order valence-corrected chi connectivity index (χ3v) is 3.92. The molecule has 28 heavy (non-hydrogen) atoms. The molecule has 0 unspecified atom stereocenters. The summed E-state index contributed by atoms with van der Waals surface area (Å²) < 4.78 is 7.20. The number of hydrogen-bond donors (Lipinski definition) is 2. The van der Waals surface area contributed by atoms with Crippen molar-refractivity contribution in [2.45, 2.75) is 13.8 Å². The quantitative estimate of drug-likeness (QED) is 0.489. The van der Waals surface area contributed by atoms with Gasteiger partial charge in [-0.2, -0.15) is 4.68 Å². The van der Waals surface area contributed by atoms with Gasteiger partial charge < -0.3 is 20.6 Å². The molecule has 0 radical (unpaired) electrons. The van der Waals surface area contributed by atoms with Crippen LogP contribution in [0.4, 0.5) is 11.6 Å². The van der Waals surface area contributed by atoms with Gasteiger partial charge in [0.25, 0.3) is 11.9 Å². The number of azo groups is 1. The van der Waals surface area contributed by atoms with Crippen LogP contribution in [0.15, 0.2) is 15.0 Å². The monoisotopic (exact) mass is 392 g/mol. The number of aromatic nitrogens is 4. The van der Waals surface area contributed by atoms with E-state index >= 15 is 0 Å². The van der Waals surface area contributed by atoms with E-state index in [1.54, 1.807) is 6.92 Å². The van der Waals surface area contributed by atoms with Gasteiger partial charge in [0, 0.05) is 27.6 Å². The number of nitrogens with two attached hydrogens (primary N) is 1. The Kier molecular flexibility index (Phi) is 5.76. The van der Waals surface area contributed by atoms with E-state index in [2.05, 4.69) is 20.4 Å². The van der Waals surface area contributed by atoms with E-state index in [4.69, 9.17) is 10.5 Å². The lowest BCUT2D eigenvalue weighted by molar-refractivity contribution is 0.0987. The highest BCUT2D eigenvalue weighted by Gasteiger charge is 2.27. The lowest BCUT2D eigenvalue weighted by Crippen LogP contribution is -2.40. The smallest absolute Gasteiger partial charge is 0.303 e. The summed E-state index contributed by atoms with van der Waals surface area (Å²) in [6.07, 6.45) is 0. The van der Waals surface area contributed by atoms with Gasteiger partial charge in [0.05, 0.1) is 7.11 Å². The van der Waals surface area contributed by atoms with Crippen molar-refractivity contribution in [1.29, 1.82) is 0 Å². The summed E-state index contributed by atoms with van der Waals surface area (Å²) >= 11 is 0. The molecular formula is C15H20N8O5. The molecule has 2 aromatic heterocycles. The number of pyridine rings is 1. The van der Waals surface area contributed by atoms with E-state index in [9.17, 15) is 19.5 Å². The number of primary amides is 1. The Morgan fingerprint density at radius 1 is 1.32 bits per heavy atom. The molecule has 13 heteroatoms. The van der Waals surface area contributed by atoms with Gasteiger partial charge in [-0.25, -0.2) is 0 Å². The lowest BCUT2D eigenvalue weighted by atomic mass is 10.2. The molecule has 2 rings (SSSR count). The maximum Gasteiger partial charge on any atom is 0.303 e. The molecule has 3 N–H and O–H groups in total. The molecule has 13 nitrogen and oxygen atoms in total. The second-order valence-corrected chi connectivity index (χ2v) is 5.67. The number of ketones is 1. The minimum Gasteiger partial charge on any atom is -0.493 e. The summed E-state index contributed by atoms with van der Waals surface area (Å²) in [7, 11) is 4.20. The molecule has 0 aliphatic carbocycles. The summed E-state index contributed by atoms with van der Waals surface area (Å²) in [5.74, 6) is -2.39. The van der Waals surface area contributed by atoms with E-state index in [1.165, 1.54) is 37.7 Å². The van der Waals surface area contributed by atoms with Crippen LogP contribution in [0.5, 0.6) is 11.6 Å². The Balaban J connectivity index is 2.75. The second kappa shape index (κ2) is 7.85. The minimum atomic E-state index is -1.03. The van der Waals surface area contributed by atoms with E-state index in [-0.39, 0.29) is 29.0 Å². The van der Waals surface area contributed by atoms with E-state index < -0.39 is 22.9 Å². The molecule has 0 saturated heterocycles. The highest BCUT2D eigenvalue weighted by atomic mass is 16.5. The van der Waals surface area contributed by atoms with E-state index in [1.807, 2.05) is 0 Å². The molecule has 0 fully saturated rings. The van der Waals surface area contributed by atoms with Crippen molar-refractivity contribution in [1.82, 2.24) is 19.4 Å². The summed E-state index contributed by atoms with van der Waals surface area (Å²) in [6.45, 7) is 3.36. The second-order valence-electron chi connectivity index (χ2n) is 5.67. The molecule has 0 aliphatic heterocycles. The molecular weight excluding hydrogens is 372 g/mol. The Labute approximate surface area is 159 Å². The van der Waals surface area contributed by atoms with E-state index in [0.717, 1.165) is 4.68 Å². The third-order valence-electron chi connectivity index (χ3n) is 3.92. The Morgan fingerprint density at radius 3 is 2.43 bits per heavy atom. The SMILES string of the molecule is CCN(C)n1c(O)c(C(N)=O)c(OC)c(N=Nc2nnc(C(C)=O)n2C)c1=O. The molecule has 2 heterocycles. The van der Waals surface area contributed by atoms with Crippen LogP contribution in [0.1, 0.15) is 34.8 Å². The number of amides is 1. The summed E-state index contributed by atoms with van der Waals surface area (Å²) in [4.78, 5) is 36.2. The van der Waals surface area contributed by atoms with Gasteiger partial charge in [0.15, 0.2) is 17.2 Å². The van der Waals surface area contributed by atoms with Crippen molar-refractivity contribution in [3.63, 3.8) is 0 Å².